The number of ether oxygens (including phenoxy) is 1. The summed E-state index contributed by atoms with van der Waals surface area (Å²) in [6.07, 6.45) is 0.513. The lowest BCUT2D eigenvalue weighted by Gasteiger charge is -2.20. The molecule has 94 valence electrons. The summed E-state index contributed by atoms with van der Waals surface area (Å²) in [5.74, 6) is 0. The van der Waals surface area contributed by atoms with Crippen LogP contribution in [0.25, 0.3) is 0 Å². The maximum absolute atomic E-state index is 11.7. The van der Waals surface area contributed by atoms with Gasteiger partial charge in [0.2, 0.25) is 0 Å². The largest absolute Gasteiger partial charge is 0.449 e. The van der Waals surface area contributed by atoms with Crippen LogP contribution in [0.15, 0.2) is 0 Å². The van der Waals surface area contributed by atoms with Gasteiger partial charge < -0.3 is 9.84 Å². The molecule has 0 atom stereocenters. The predicted octanol–water partition coefficient (Wildman–Crippen LogP) is -0.566. The highest BCUT2D eigenvalue weighted by Gasteiger charge is 2.37. The summed E-state index contributed by atoms with van der Waals surface area (Å²) in [6, 6.07) is -0.112. The van der Waals surface area contributed by atoms with Crippen LogP contribution in [0.3, 0.4) is 0 Å². The van der Waals surface area contributed by atoms with Crippen molar-refractivity contribution in [2.75, 3.05) is 19.8 Å². The molecule has 0 aromatic rings. The molecule has 1 aliphatic rings. The summed E-state index contributed by atoms with van der Waals surface area (Å²) in [5, 5.41) is 8.76. The zero-order valence-electron chi connectivity index (χ0n) is 9.05. The average Bonchev–Trinajstić information content (AvgIpc) is 2.96. The second kappa shape index (κ2) is 5.46. The van der Waals surface area contributed by atoms with Gasteiger partial charge in [-0.25, -0.2) is 9.52 Å². The lowest BCUT2D eigenvalue weighted by atomic mass is 10.6. The van der Waals surface area contributed by atoms with E-state index in [1.165, 1.54) is 0 Å². The molecule has 1 saturated carbocycles. The summed E-state index contributed by atoms with van der Waals surface area (Å²) in [5.41, 5.74) is 0. The van der Waals surface area contributed by atoms with Crippen molar-refractivity contribution in [3.63, 3.8) is 0 Å². The quantitative estimate of drug-likeness (QED) is 0.660. The van der Waals surface area contributed by atoms with E-state index < -0.39 is 16.3 Å². The van der Waals surface area contributed by atoms with Gasteiger partial charge in [-0.05, 0) is 19.8 Å². The number of nitrogens with one attached hydrogen (secondary N) is 1. The van der Waals surface area contributed by atoms with Crippen molar-refractivity contribution in [1.29, 1.82) is 0 Å². The number of aliphatic hydroxyl groups is 1. The van der Waals surface area contributed by atoms with Gasteiger partial charge in [0.1, 0.15) is 0 Å². The van der Waals surface area contributed by atoms with Crippen LogP contribution in [0, 0.1) is 0 Å². The van der Waals surface area contributed by atoms with Crippen LogP contribution >= 0.6 is 0 Å². The molecule has 0 aromatic heterocycles. The highest BCUT2D eigenvalue weighted by atomic mass is 32.2. The Kier molecular flexibility index (Phi) is 4.51. The Morgan fingerprint density at radius 2 is 2.19 bits per heavy atom. The second-order valence-corrected chi connectivity index (χ2v) is 5.02. The highest BCUT2D eigenvalue weighted by Crippen LogP contribution is 2.28. The van der Waals surface area contributed by atoms with Crippen LogP contribution < -0.4 is 4.72 Å². The van der Waals surface area contributed by atoms with E-state index in [0.717, 1.165) is 17.1 Å². The van der Waals surface area contributed by atoms with Crippen molar-refractivity contribution in [3.05, 3.63) is 0 Å². The molecular formula is C8H16N2O5S. The minimum absolute atomic E-state index is 0.0145. The molecule has 1 fully saturated rings. The first kappa shape index (κ1) is 13.2. The van der Waals surface area contributed by atoms with Gasteiger partial charge in [0, 0.05) is 12.6 Å². The van der Waals surface area contributed by atoms with Gasteiger partial charge in [0.25, 0.3) is 0 Å². The number of hydrogen-bond donors (Lipinski definition) is 2. The predicted molar refractivity (Wildman–Crippen MR) is 55.9 cm³/mol. The minimum Gasteiger partial charge on any atom is -0.449 e. The highest BCUT2D eigenvalue weighted by molar-refractivity contribution is 7.87. The molecule has 0 unspecified atom stereocenters. The third-order valence-corrected chi connectivity index (χ3v) is 3.59. The van der Waals surface area contributed by atoms with Crippen molar-refractivity contribution in [1.82, 2.24) is 9.03 Å². The Morgan fingerprint density at radius 3 is 2.62 bits per heavy atom. The van der Waals surface area contributed by atoms with Crippen molar-refractivity contribution in [2.24, 2.45) is 0 Å². The molecule has 0 heterocycles. The van der Waals surface area contributed by atoms with Gasteiger partial charge >= 0.3 is 16.3 Å². The number of rotatable bonds is 6. The molecule has 1 aliphatic carbocycles. The Balaban J connectivity index is 2.62. The topological polar surface area (TPSA) is 95.9 Å². The second-order valence-electron chi connectivity index (χ2n) is 3.39. The molecule has 0 spiro atoms. The molecule has 0 aliphatic heterocycles. The van der Waals surface area contributed by atoms with Gasteiger partial charge in [0.05, 0.1) is 13.2 Å². The molecule has 7 nitrogen and oxygen atoms in total. The first-order chi connectivity index (χ1) is 7.51. The lowest BCUT2D eigenvalue weighted by molar-refractivity contribution is 0.157. The Morgan fingerprint density at radius 1 is 1.56 bits per heavy atom. The van der Waals surface area contributed by atoms with E-state index in [0.29, 0.717) is 0 Å². The molecule has 0 saturated heterocycles. The average molecular weight is 252 g/mol. The molecule has 16 heavy (non-hydrogen) atoms. The fraction of sp³-hybridized carbons (Fsp3) is 0.875. The zero-order chi connectivity index (χ0) is 12.2. The van der Waals surface area contributed by atoms with Gasteiger partial charge in [-0.2, -0.15) is 12.7 Å². The summed E-state index contributed by atoms with van der Waals surface area (Å²) in [6.45, 7) is 1.39. The molecule has 1 amide bonds. The van der Waals surface area contributed by atoms with E-state index in [1.807, 2.05) is 0 Å². The van der Waals surface area contributed by atoms with E-state index in [4.69, 9.17) is 5.11 Å². The molecular weight excluding hydrogens is 236 g/mol. The molecule has 0 aromatic carbocycles. The van der Waals surface area contributed by atoms with Crippen LogP contribution in [0.4, 0.5) is 4.79 Å². The van der Waals surface area contributed by atoms with Crippen LogP contribution in [0.5, 0.6) is 0 Å². The van der Waals surface area contributed by atoms with Crippen LogP contribution in [0.1, 0.15) is 19.8 Å². The number of carbonyl (C=O) groups is 1. The number of carbonyl (C=O) groups excluding carboxylic acids is 1. The van der Waals surface area contributed by atoms with Crippen molar-refractivity contribution in [2.45, 2.75) is 25.8 Å². The first-order valence-electron chi connectivity index (χ1n) is 5.08. The first-order valence-corrected chi connectivity index (χ1v) is 6.52. The van der Waals surface area contributed by atoms with Gasteiger partial charge in [-0.1, -0.05) is 0 Å². The zero-order valence-corrected chi connectivity index (χ0v) is 9.87. The summed E-state index contributed by atoms with van der Waals surface area (Å²) in [7, 11) is -3.89. The fourth-order valence-corrected chi connectivity index (χ4v) is 2.60. The van der Waals surface area contributed by atoms with Crippen LogP contribution in [-0.4, -0.2) is 49.7 Å². The van der Waals surface area contributed by atoms with E-state index in [1.54, 1.807) is 11.6 Å². The third-order valence-electron chi connectivity index (χ3n) is 2.07. The number of hydrogen-bond acceptors (Lipinski definition) is 5. The number of aliphatic hydroxyl groups excluding tert-OH is 1. The van der Waals surface area contributed by atoms with Crippen LogP contribution in [0.2, 0.25) is 0 Å². The molecule has 0 bridgehead atoms. The van der Waals surface area contributed by atoms with Crippen molar-refractivity contribution < 1.29 is 23.1 Å². The summed E-state index contributed by atoms with van der Waals surface area (Å²) < 4.78 is 30.7. The lowest BCUT2D eigenvalue weighted by Crippen LogP contribution is -2.45. The van der Waals surface area contributed by atoms with E-state index in [-0.39, 0.29) is 25.8 Å². The smallest absolute Gasteiger partial charge is 0.421 e. The van der Waals surface area contributed by atoms with Gasteiger partial charge in [0.15, 0.2) is 0 Å². The number of nitrogens with zero attached hydrogens (tertiary/aromatic N) is 1. The number of amides is 1. The third kappa shape index (κ3) is 3.62. The Labute approximate surface area is 94.6 Å². The Bertz CT molecular complexity index is 338. The maximum atomic E-state index is 11.7. The Hall–Kier alpha value is -0.860. The fourth-order valence-electron chi connectivity index (χ4n) is 1.28. The molecule has 2 N–H and O–H groups in total. The van der Waals surface area contributed by atoms with E-state index in [2.05, 4.69) is 4.74 Å². The normalized spacial score (nSPS) is 16.2. The minimum atomic E-state index is -3.89. The summed E-state index contributed by atoms with van der Waals surface area (Å²) in [4.78, 5) is 11.0. The molecule has 8 heteroatoms. The van der Waals surface area contributed by atoms with Crippen molar-refractivity contribution in [3.8, 4) is 0 Å². The van der Waals surface area contributed by atoms with E-state index >= 15 is 0 Å². The summed E-state index contributed by atoms with van der Waals surface area (Å²) >= 11 is 0. The van der Waals surface area contributed by atoms with Gasteiger partial charge in [-0.15, -0.1) is 0 Å². The van der Waals surface area contributed by atoms with E-state index in [9.17, 15) is 13.2 Å². The van der Waals surface area contributed by atoms with Crippen molar-refractivity contribution >= 4 is 16.3 Å². The van der Waals surface area contributed by atoms with Crippen LogP contribution in [-0.2, 0) is 14.9 Å². The molecule has 0 radical (unpaired) electrons. The van der Waals surface area contributed by atoms with Gasteiger partial charge in [-0.3, -0.25) is 0 Å². The molecule has 1 rings (SSSR count). The SMILES string of the molecule is CCOC(=O)NS(=O)(=O)N(CCO)C1CC1. The monoisotopic (exact) mass is 252 g/mol. The maximum Gasteiger partial charge on any atom is 0.421 e. The standard InChI is InChI=1S/C8H16N2O5S/c1-2-15-8(12)9-16(13,14)10(5-6-11)7-3-4-7/h7,11H,2-6H2,1H3,(H,9,12).